The van der Waals surface area contributed by atoms with Crippen LogP contribution in [0.4, 0.5) is 5.69 Å². The van der Waals surface area contributed by atoms with Gasteiger partial charge in [-0.2, -0.15) is 0 Å². The van der Waals surface area contributed by atoms with Crippen molar-refractivity contribution in [3.8, 4) is 0 Å². The number of hydrogen-bond acceptors (Lipinski definition) is 3. The number of anilines is 1. The standard InChI is InChI=1S/C15H14N2O3/c18-14(11-5-6-12(11)15(19)20)17-10-7-9-3-1-2-4-13(9)16-8-10/h1-4,7-8,11-12H,5-6H2,(H,17,18)(H,19,20). The number of carbonyl (C=O) groups is 2. The van der Waals surface area contributed by atoms with E-state index in [1.807, 2.05) is 30.3 Å². The minimum atomic E-state index is -0.895. The molecule has 0 radical (unpaired) electrons. The number of hydrogen-bond donors (Lipinski definition) is 2. The van der Waals surface area contributed by atoms with Gasteiger partial charge in [-0.15, -0.1) is 0 Å². The van der Waals surface area contributed by atoms with Crippen LogP contribution in [0.1, 0.15) is 12.8 Å². The van der Waals surface area contributed by atoms with E-state index in [-0.39, 0.29) is 5.91 Å². The van der Waals surface area contributed by atoms with Crippen molar-refractivity contribution in [3.05, 3.63) is 36.5 Å². The SMILES string of the molecule is O=C(O)C1CCC1C(=O)Nc1cnc2ccccc2c1. The summed E-state index contributed by atoms with van der Waals surface area (Å²) in [6.07, 6.45) is 2.79. The molecule has 2 unspecified atom stereocenters. The number of benzene rings is 1. The van der Waals surface area contributed by atoms with Crippen LogP contribution in [0.25, 0.3) is 10.9 Å². The highest BCUT2D eigenvalue weighted by Gasteiger charge is 2.41. The number of nitrogens with zero attached hydrogens (tertiary/aromatic N) is 1. The van der Waals surface area contributed by atoms with Gasteiger partial charge in [-0.1, -0.05) is 18.2 Å². The molecule has 1 aromatic heterocycles. The second-order valence-electron chi connectivity index (χ2n) is 5.03. The van der Waals surface area contributed by atoms with Crippen LogP contribution in [-0.2, 0) is 9.59 Å². The highest BCUT2D eigenvalue weighted by molar-refractivity contribution is 5.97. The van der Waals surface area contributed by atoms with Crippen LogP contribution < -0.4 is 5.32 Å². The lowest BCUT2D eigenvalue weighted by Gasteiger charge is -2.31. The molecule has 2 N–H and O–H groups in total. The average molecular weight is 270 g/mol. The van der Waals surface area contributed by atoms with Crippen molar-refractivity contribution in [3.63, 3.8) is 0 Å². The number of pyridine rings is 1. The first-order valence-corrected chi connectivity index (χ1v) is 6.53. The number of carbonyl (C=O) groups excluding carboxylic acids is 1. The highest BCUT2D eigenvalue weighted by atomic mass is 16.4. The second-order valence-corrected chi connectivity index (χ2v) is 5.03. The first-order chi connectivity index (χ1) is 9.65. The zero-order valence-corrected chi connectivity index (χ0v) is 10.7. The zero-order chi connectivity index (χ0) is 14.1. The van der Waals surface area contributed by atoms with Crippen molar-refractivity contribution in [2.45, 2.75) is 12.8 Å². The molecule has 20 heavy (non-hydrogen) atoms. The number of rotatable bonds is 3. The van der Waals surface area contributed by atoms with Gasteiger partial charge in [0.25, 0.3) is 0 Å². The number of carboxylic acid groups (broad SMARTS) is 1. The monoisotopic (exact) mass is 270 g/mol. The number of aromatic nitrogens is 1. The van der Waals surface area contributed by atoms with Crippen LogP contribution in [0, 0.1) is 11.8 Å². The van der Waals surface area contributed by atoms with Gasteiger partial charge in [0.1, 0.15) is 0 Å². The molecule has 2 aromatic rings. The summed E-state index contributed by atoms with van der Waals surface area (Å²) in [5.41, 5.74) is 1.46. The Labute approximate surface area is 115 Å². The molecule has 1 fully saturated rings. The van der Waals surface area contributed by atoms with E-state index in [2.05, 4.69) is 10.3 Å². The zero-order valence-electron chi connectivity index (χ0n) is 10.7. The Morgan fingerprint density at radius 2 is 1.95 bits per heavy atom. The predicted molar refractivity (Wildman–Crippen MR) is 74.2 cm³/mol. The van der Waals surface area contributed by atoms with E-state index in [1.165, 1.54) is 0 Å². The number of carboxylic acids is 1. The second kappa shape index (κ2) is 4.92. The number of para-hydroxylation sites is 1. The molecule has 5 nitrogen and oxygen atoms in total. The Morgan fingerprint density at radius 1 is 1.20 bits per heavy atom. The summed E-state index contributed by atoms with van der Waals surface area (Å²) in [5, 5.41) is 12.7. The summed E-state index contributed by atoms with van der Waals surface area (Å²) in [5.74, 6) is -2.11. The summed E-state index contributed by atoms with van der Waals surface area (Å²) in [6.45, 7) is 0. The van der Waals surface area contributed by atoms with E-state index in [4.69, 9.17) is 5.11 Å². The molecular formula is C15H14N2O3. The number of nitrogens with one attached hydrogen (secondary N) is 1. The number of amides is 1. The Kier molecular flexibility index (Phi) is 3.10. The Bertz CT molecular complexity index is 684. The van der Waals surface area contributed by atoms with E-state index in [1.54, 1.807) is 6.20 Å². The van der Waals surface area contributed by atoms with Gasteiger partial charge in [0.05, 0.1) is 29.2 Å². The lowest BCUT2D eigenvalue weighted by molar-refractivity contribution is -0.151. The minimum Gasteiger partial charge on any atom is -0.481 e. The molecule has 3 rings (SSSR count). The lowest BCUT2D eigenvalue weighted by Crippen LogP contribution is -2.41. The molecule has 0 bridgehead atoms. The van der Waals surface area contributed by atoms with Crippen LogP contribution in [0.5, 0.6) is 0 Å². The summed E-state index contributed by atoms with van der Waals surface area (Å²) in [4.78, 5) is 27.2. The molecule has 1 aliphatic rings. The molecule has 5 heteroatoms. The van der Waals surface area contributed by atoms with Crippen molar-refractivity contribution in [2.75, 3.05) is 5.32 Å². The molecule has 1 heterocycles. The highest BCUT2D eigenvalue weighted by Crippen LogP contribution is 2.35. The normalized spacial score (nSPS) is 21.2. The maximum atomic E-state index is 12.0. The molecule has 0 saturated heterocycles. The van der Waals surface area contributed by atoms with Gasteiger partial charge in [-0.05, 0) is 25.0 Å². The topological polar surface area (TPSA) is 79.3 Å². The summed E-state index contributed by atoms with van der Waals surface area (Å²) in [7, 11) is 0. The Morgan fingerprint density at radius 3 is 2.65 bits per heavy atom. The van der Waals surface area contributed by atoms with Gasteiger partial charge in [-0.3, -0.25) is 14.6 Å². The molecule has 1 aromatic carbocycles. The van der Waals surface area contributed by atoms with E-state index in [0.29, 0.717) is 18.5 Å². The molecule has 102 valence electrons. The van der Waals surface area contributed by atoms with Gasteiger partial charge in [0.2, 0.25) is 5.91 Å². The fraction of sp³-hybridized carbons (Fsp3) is 0.267. The third kappa shape index (κ3) is 2.22. The maximum absolute atomic E-state index is 12.0. The first kappa shape index (κ1) is 12.6. The molecule has 0 spiro atoms. The van der Waals surface area contributed by atoms with Crippen molar-refractivity contribution in [1.29, 1.82) is 0 Å². The lowest BCUT2D eigenvalue weighted by atomic mass is 9.73. The summed E-state index contributed by atoms with van der Waals surface area (Å²) in [6, 6.07) is 9.46. The molecule has 2 atom stereocenters. The van der Waals surface area contributed by atoms with Crippen molar-refractivity contribution < 1.29 is 14.7 Å². The molecular weight excluding hydrogens is 256 g/mol. The molecule has 1 amide bonds. The largest absolute Gasteiger partial charge is 0.481 e. The fourth-order valence-corrected chi connectivity index (χ4v) is 2.48. The maximum Gasteiger partial charge on any atom is 0.307 e. The Hall–Kier alpha value is -2.43. The van der Waals surface area contributed by atoms with Gasteiger partial charge in [-0.25, -0.2) is 0 Å². The van der Waals surface area contributed by atoms with E-state index in [0.717, 1.165) is 10.9 Å². The van der Waals surface area contributed by atoms with Crippen LogP contribution >= 0.6 is 0 Å². The summed E-state index contributed by atoms with van der Waals surface area (Å²) < 4.78 is 0. The molecule has 0 aliphatic heterocycles. The fourth-order valence-electron chi connectivity index (χ4n) is 2.48. The number of aliphatic carboxylic acids is 1. The van der Waals surface area contributed by atoms with Crippen LogP contribution in [0.3, 0.4) is 0 Å². The van der Waals surface area contributed by atoms with Gasteiger partial charge in [0.15, 0.2) is 0 Å². The third-order valence-electron chi connectivity index (χ3n) is 3.79. The van der Waals surface area contributed by atoms with Gasteiger partial charge >= 0.3 is 5.97 Å². The van der Waals surface area contributed by atoms with E-state index < -0.39 is 17.8 Å². The van der Waals surface area contributed by atoms with E-state index >= 15 is 0 Å². The smallest absolute Gasteiger partial charge is 0.307 e. The van der Waals surface area contributed by atoms with E-state index in [9.17, 15) is 9.59 Å². The molecule has 1 saturated carbocycles. The van der Waals surface area contributed by atoms with Crippen LogP contribution in [-0.4, -0.2) is 22.0 Å². The van der Waals surface area contributed by atoms with Gasteiger partial charge in [0, 0.05) is 5.39 Å². The third-order valence-corrected chi connectivity index (χ3v) is 3.79. The van der Waals surface area contributed by atoms with Crippen molar-refractivity contribution in [1.82, 2.24) is 4.98 Å². The van der Waals surface area contributed by atoms with Crippen LogP contribution in [0.2, 0.25) is 0 Å². The van der Waals surface area contributed by atoms with Gasteiger partial charge < -0.3 is 10.4 Å². The van der Waals surface area contributed by atoms with Crippen LogP contribution in [0.15, 0.2) is 36.5 Å². The van der Waals surface area contributed by atoms with Crippen molar-refractivity contribution in [2.24, 2.45) is 11.8 Å². The first-order valence-electron chi connectivity index (χ1n) is 6.53. The Balaban J connectivity index is 1.76. The minimum absolute atomic E-state index is 0.235. The summed E-state index contributed by atoms with van der Waals surface area (Å²) >= 11 is 0. The number of fused-ring (bicyclic) bond motifs is 1. The quantitative estimate of drug-likeness (QED) is 0.896. The van der Waals surface area contributed by atoms with Crippen molar-refractivity contribution >= 4 is 28.5 Å². The average Bonchev–Trinajstić information content (AvgIpc) is 2.36. The predicted octanol–water partition coefficient (Wildman–Crippen LogP) is 2.28. The molecule has 1 aliphatic carbocycles.